The molecule has 0 aliphatic rings. The van der Waals surface area contributed by atoms with Crippen LogP contribution in [-0.4, -0.2) is 27.8 Å². The molecule has 0 radical (unpaired) electrons. The highest BCUT2D eigenvalue weighted by Crippen LogP contribution is 2.21. The molecule has 1 aromatic heterocycles. The second-order valence-corrected chi connectivity index (χ2v) is 4.36. The van der Waals surface area contributed by atoms with Crippen LogP contribution >= 0.6 is 0 Å². The SMILES string of the molecule is Cc1cc(C(=O)O)cc(Oc2ccc(CCO)cc2)n1. The summed E-state index contributed by atoms with van der Waals surface area (Å²) < 4.78 is 5.55. The fraction of sp³-hybridized carbons (Fsp3) is 0.200. The molecule has 0 unspecified atom stereocenters. The zero-order valence-corrected chi connectivity index (χ0v) is 11.0. The first kappa shape index (κ1) is 14.0. The summed E-state index contributed by atoms with van der Waals surface area (Å²) in [5, 5.41) is 17.8. The van der Waals surface area contributed by atoms with Crippen LogP contribution in [0.3, 0.4) is 0 Å². The standard InChI is InChI=1S/C15H15NO4/c1-10-8-12(15(18)19)9-14(16-10)20-13-4-2-11(3-5-13)6-7-17/h2-5,8-9,17H,6-7H2,1H3,(H,18,19). The lowest BCUT2D eigenvalue weighted by atomic mass is 10.1. The molecule has 1 aromatic carbocycles. The quantitative estimate of drug-likeness (QED) is 0.874. The van der Waals surface area contributed by atoms with E-state index in [1.54, 1.807) is 19.1 Å². The first-order valence-corrected chi connectivity index (χ1v) is 6.18. The van der Waals surface area contributed by atoms with Crippen molar-refractivity contribution in [2.45, 2.75) is 13.3 Å². The number of pyridine rings is 1. The molecule has 0 aliphatic carbocycles. The summed E-state index contributed by atoms with van der Waals surface area (Å²) in [6.45, 7) is 1.81. The van der Waals surface area contributed by atoms with E-state index in [2.05, 4.69) is 4.98 Å². The fourth-order valence-corrected chi connectivity index (χ4v) is 1.79. The topological polar surface area (TPSA) is 79.7 Å². The van der Waals surface area contributed by atoms with Crippen molar-refractivity contribution >= 4 is 5.97 Å². The Hall–Kier alpha value is -2.40. The van der Waals surface area contributed by atoms with E-state index in [-0.39, 0.29) is 18.1 Å². The monoisotopic (exact) mass is 273 g/mol. The van der Waals surface area contributed by atoms with Crippen LogP contribution in [0.1, 0.15) is 21.6 Å². The molecule has 5 heteroatoms. The Kier molecular flexibility index (Phi) is 4.32. The number of hydrogen-bond acceptors (Lipinski definition) is 4. The second kappa shape index (κ2) is 6.16. The second-order valence-electron chi connectivity index (χ2n) is 4.36. The number of carbonyl (C=O) groups is 1. The van der Waals surface area contributed by atoms with Crippen LogP contribution in [0.4, 0.5) is 0 Å². The number of aromatic carboxylic acids is 1. The average molecular weight is 273 g/mol. The van der Waals surface area contributed by atoms with Gasteiger partial charge in [-0.25, -0.2) is 9.78 Å². The summed E-state index contributed by atoms with van der Waals surface area (Å²) in [5.41, 5.74) is 1.73. The molecule has 2 N–H and O–H groups in total. The average Bonchev–Trinajstić information content (AvgIpc) is 2.40. The Morgan fingerprint density at radius 1 is 1.25 bits per heavy atom. The molecule has 0 saturated heterocycles. The summed E-state index contributed by atoms with van der Waals surface area (Å²) in [6, 6.07) is 10.1. The molecule has 0 saturated carbocycles. The number of nitrogens with zero attached hydrogens (tertiary/aromatic N) is 1. The number of ether oxygens (including phenoxy) is 1. The molecule has 2 aromatic rings. The lowest BCUT2D eigenvalue weighted by Crippen LogP contribution is -2.00. The molecule has 0 spiro atoms. The van der Waals surface area contributed by atoms with Gasteiger partial charge in [-0.15, -0.1) is 0 Å². The minimum Gasteiger partial charge on any atom is -0.478 e. The van der Waals surface area contributed by atoms with Crippen LogP contribution in [-0.2, 0) is 6.42 Å². The normalized spacial score (nSPS) is 10.3. The van der Waals surface area contributed by atoms with Gasteiger partial charge in [0.25, 0.3) is 0 Å². The third kappa shape index (κ3) is 3.55. The van der Waals surface area contributed by atoms with Crippen LogP contribution in [0.5, 0.6) is 11.6 Å². The molecule has 0 aliphatic heterocycles. The van der Waals surface area contributed by atoms with E-state index in [4.69, 9.17) is 14.9 Å². The van der Waals surface area contributed by atoms with Crippen molar-refractivity contribution in [3.63, 3.8) is 0 Å². The first-order chi connectivity index (χ1) is 9.58. The van der Waals surface area contributed by atoms with Gasteiger partial charge < -0.3 is 14.9 Å². The lowest BCUT2D eigenvalue weighted by molar-refractivity contribution is 0.0696. The van der Waals surface area contributed by atoms with E-state index in [0.717, 1.165) is 5.56 Å². The highest BCUT2D eigenvalue weighted by atomic mass is 16.5. The van der Waals surface area contributed by atoms with Crippen molar-refractivity contribution in [1.29, 1.82) is 0 Å². The number of carboxylic acid groups (broad SMARTS) is 1. The number of carboxylic acids is 1. The molecule has 0 fully saturated rings. The zero-order valence-electron chi connectivity index (χ0n) is 11.0. The fourth-order valence-electron chi connectivity index (χ4n) is 1.79. The predicted molar refractivity (Wildman–Crippen MR) is 73.2 cm³/mol. The van der Waals surface area contributed by atoms with E-state index >= 15 is 0 Å². The number of aryl methyl sites for hydroxylation is 1. The molecular formula is C15H15NO4. The molecule has 0 amide bonds. The number of benzene rings is 1. The Bertz CT molecular complexity index is 608. The zero-order chi connectivity index (χ0) is 14.5. The molecule has 20 heavy (non-hydrogen) atoms. The van der Waals surface area contributed by atoms with Gasteiger partial charge in [0.05, 0.1) is 5.56 Å². The van der Waals surface area contributed by atoms with Crippen LogP contribution in [0, 0.1) is 6.92 Å². The minimum atomic E-state index is -1.02. The predicted octanol–water partition coefficient (Wildman–Crippen LogP) is 2.42. The van der Waals surface area contributed by atoms with E-state index < -0.39 is 5.97 Å². The highest BCUT2D eigenvalue weighted by molar-refractivity contribution is 5.88. The van der Waals surface area contributed by atoms with E-state index in [0.29, 0.717) is 17.9 Å². The lowest BCUT2D eigenvalue weighted by Gasteiger charge is -2.07. The number of aliphatic hydroxyl groups is 1. The number of aromatic nitrogens is 1. The summed E-state index contributed by atoms with van der Waals surface area (Å²) in [5.74, 6) is -0.197. The summed E-state index contributed by atoms with van der Waals surface area (Å²) >= 11 is 0. The molecule has 0 atom stereocenters. The summed E-state index contributed by atoms with van der Waals surface area (Å²) in [7, 11) is 0. The molecule has 2 rings (SSSR count). The maximum atomic E-state index is 11.0. The van der Waals surface area contributed by atoms with Crippen molar-refractivity contribution in [2.75, 3.05) is 6.61 Å². The van der Waals surface area contributed by atoms with Crippen molar-refractivity contribution in [1.82, 2.24) is 4.98 Å². The van der Waals surface area contributed by atoms with Crippen LogP contribution < -0.4 is 4.74 Å². The maximum absolute atomic E-state index is 11.0. The molecule has 1 heterocycles. The Morgan fingerprint density at radius 3 is 2.55 bits per heavy atom. The molecular weight excluding hydrogens is 258 g/mol. The van der Waals surface area contributed by atoms with Gasteiger partial charge in [0.15, 0.2) is 0 Å². The third-order valence-electron chi connectivity index (χ3n) is 2.72. The van der Waals surface area contributed by atoms with E-state index in [9.17, 15) is 4.79 Å². The highest BCUT2D eigenvalue weighted by Gasteiger charge is 2.08. The molecule has 104 valence electrons. The van der Waals surface area contributed by atoms with Crippen molar-refractivity contribution in [2.24, 2.45) is 0 Å². The van der Waals surface area contributed by atoms with Gasteiger partial charge in [0, 0.05) is 18.4 Å². The number of rotatable bonds is 5. The van der Waals surface area contributed by atoms with Crippen molar-refractivity contribution in [3.8, 4) is 11.6 Å². The van der Waals surface area contributed by atoms with Crippen LogP contribution in [0.15, 0.2) is 36.4 Å². The minimum absolute atomic E-state index is 0.0988. The van der Waals surface area contributed by atoms with Crippen LogP contribution in [0.2, 0.25) is 0 Å². The first-order valence-electron chi connectivity index (χ1n) is 6.18. The van der Waals surface area contributed by atoms with Crippen LogP contribution in [0.25, 0.3) is 0 Å². The maximum Gasteiger partial charge on any atom is 0.335 e. The largest absolute Gasteiger partial charge is 0.478 e. The van der Waals surface area contributed by atoms with Gasteiger partial charge in [0.2, 0.25) is 5.88 Å². The van der Waals surface area contributed by atoms with Gasteiger partial charge in [0.1, 0.15) is 5.75 Å². The molecule has 5 nitrogen and oxygen atoms in total. The molecule has 0 bridgehead atoms. The van der Waals surface area contributed by atoms with Gasteiger partial charge in [-0.3, -0.25) is 0 Å². The third-order valence-corrected chi connectivity index (χ3v) is 2.72. The Balaban J connectivity index is 2.19. The van der Waals surface area contributed by atoms with Crippen molar-refractivity contribution < 1.29 is 19.7 Å². The summed E-state index contributed by atoms with van der Waals surface area (Å²) in [4.78, 5) is 15.1. The Labute approximate surface area is 116 Å². The summed E-state index contributed by atoms with van der Waals surface area (Å²) in [6.07, 6.45) is 0.589. The van der Waals surface area contributed by atoms with E-state index in [1.165, 1.54) is 12.1 Å². The van der Waals surface area contributed by atoms with Gasteiger partial charge in [-0.05, 0) is 37.1 Å². The number of hydrogen-bond donors (Lipinski definition) is 2. The van der Waals surface area contributed by atoms with Crippen molar-refractivity contribution in [3.05, 3.63) is 53.2 Å². The van der Waals surface area contributed by atoms with E-state index in [1.807, 2.05) is 12.1 Å². The van der Waals surface area contributed by atoms with Gasteiger partial charge >= 0.3 is 5.97 Å². The number of aliphatic hydroxyl groups excluding tert-OH is 1. The Morgan fingerprint density at radius 2 is 1.95 bits per heavy atom. The smallest absolute Gasteiger partial charge is 0.335 e. The van der Waals surface area contributed by atoms with Gasteiger partial charge in [-0.2, -0.15) is 0 Å². The van der Waals surface area contributed by atoms with Gasteiger partial charge in [-0.1, -0.05) is 12.1 Å².